The fraction of sp³-hybridized carbons (Fsp3) is 0.312. The van der Waals surface area contributed by atoms with Crippen molar-refractivity contribution in [3.8, 4) is 5.75 Å². The van der Waals surface area contributed by atoms with Crippen molar-refractivity contribution in [2.45, 2.75) is 25.3 Å². The molecule has 0 fully saturated rings. The van der Waals surface area contributed by atoms with Gasteiger partial charge in [0.05, 0.1) is 17.7 Å². The van der Waals surface area contributed by atoms with E-state index < -0.39 is 6.04 Å². The standard InChI is InChI=1S/C16H18N2O4S/c19-10-12(9-16-17-7-8-23-16)18-15(22)6-5-14(21)11-1-3-13(20)4-2-11/h1-4,7-8,12,19-20H,5-6,9-10H2,(H,18,22). The molecule has 6 nitrogen and oxygen atoms in total. The molecule has 23 heavy (non-hydrogen) atoms. The summed E-state index contributed by atoms with van der Waals surface area (Å²) in [5.41, 5.74) is 0.456. The first-order chi connectivity index (χ1) is 11.1. The van der Waals surface area contributed by atoms with Gasteiger partial charge >= 0.3 is 0 Å². The second-order valence-electron chi connectivity index (χ2n) is 5.05. The quantitative estimate of drug-likeness (QED) is 0.636. The van der Waals surface area contributed by atoms with E-state index >= 15 is 0 Å². The third-order valence-electron chi connectivity index (χ3n) is 3.26. The number of hydrogen-bond donors (Lipinski definition) is 3. The Morgan fingerprint density at radius 2 is 1.96 bits per heavy atom. The van der Waals surface area contributed by atoms with Crippen LogP contribution in [0.4, 0.5) is 0 Å². The van der Waals surface area contributed by atoms with E-state index in [4.69, 9.17) is 0 Å². The van der Waals surface area contributed by atoms with E-state index in [9.17, 15) is 19.8 Å². The van der Waals surface area contributed by atoms with E-state index in [2.05, 4.69) is 10.3 Å². The van der Waals surface area contributed by atoms with Crippen molar-refractivity contribution in [2.75, 3.05) is 6.61 Å². The van der Waals surface area contributed by atoms with Gasteiger partial charge in [0.2, 0.25) is 5.91 Å². The Labute approximate surface area is 137 Å². The number of nitrogens with one attached hydrogen (secondary N) is 1. The first-order valence-corrected chi connectivity index (χ1v) is 8.07. The highest BCUT2D eigenvalue weighted by Gasteiger charge is 2.15. The largest absolute Gasteiger partial charge is 0.508 e. The average molecular weight is 334 g/mol. The minimum absolute atomic E-state index is 0.0497. The minimum atomic E-state index is -0.405. The number of ketones is 1. The van der Waals surface area contributed by atoms with E-state index in [0.717, 1.165) is 5.01 Å². The van der Waals surface area contributed by atoms with Crippen LogP contribution in [0.5, 0.6) is 5.75 Å². The number of phenols is 1. The highest BCUT2D eigenvalue weighted by molar-refractivity contribution is 7.09. The van der Waals surface area contributed by atoms with Crippen molar-refractivity contribution in [3.63, 3.8) is 0 Å². The van der Waals surface area contributed by atoms with Crippen molar-refractivity contribution in [2.24, 2.45) is 0 Å². The number of carbonyl (C=O) groups excluding carboxylic acids is 2. The number of benzene rings is 1. The Balaban J connectivity index is 1.79. The number of carbonyl (C=O) groups is 2. The number of rotatable bonds is 8. The Bertz CT molecular complexity index is 641. The third kappa shape index (κ3) is 5.46. The van der Waals surface area contributed by atoms with Gasteiger partial charge in [0.25, 0.3) is 0 Å². The molecule has 0 saturated carbocycles. The van der Waals surface area contributed by atoms with Gasteiger partial charge in [-0.05, 0) is 24.3 Å². The second kappa shape index (κ2) is 8.40. The van der Waals surface area contributed by atoms with Crippen LogP contribution in [-0.4, -0.2) is 39.5 Å². The van der Waals surface area contributed by atoms with Gasteiger partial charge in [0.1, 0.15) is 5.75 Å². The van der Waals surface area contributed by atoms with Crippen molar-refractivity contribution in [1.29, 1.82) is 0 Å². The predicted molar refractivity (Wildman–Crippen MR) is 86.5 cm³/mol. The molecule has 2 rings (SSSR count). The van der Waals surface area contributed by atoms with Crippen LogP contribution in [0.3, 0.4) is 0 Å². The van der Waals surface area contributed by atoms with Crippen molar-refractivity contribution >= 4 is 23.0 Å². The summed E-state index contributed by atoms with van der Waals surface area (Å²) >= 11 is 1.46. The zero-order chi connectivity index (χ0) is 16.7. The number of Topliss-reactive ketones (excluding diaryl/α,β-unsaturated/α-hetero) is 1. The van der Waals surface area contributed by atoms with Crippen LogP contribution in [0.15, 0.2) is 35.8 Å². The lowest BCUT2D eigenvalue weighted by atomic mass is 10.1. The van der Waals surface area contributed by atoms with Crippen LogP contribution >= 0.6 is 11.3 Å². The molecule has 7 heteroatoms. The second-order valence-corrected chi connectivity index (χ2v) is 6.03. The van der Waals surface area contributed by atoms with Gasteiger partial charge in [-0.2, -0.15) is 0 Å². The first-order valence-electron chi connectivity index (χ1n) is 7.19. The van der Waals surface area contributed by atoms with Crippen LogP contribution < -0.4 is 5.32 Å². The number of phenolic OH excluding ortho intramolecular Hbond substituents is 1. The SMILES string of the molecule is O=C(CCC(=O)c1ccc(O)cc1)NC(CO)Cc1nccs1. The lowest BCUT2D eigenvalue weighted by Gasteiger charge is -2.14. The maximum absolute atomic E-state index is 12.0. The average Bonchev–Trinajstić information content (AvgIpc) is 3.05. The molecule has 3 N–H and O–H groups in total. The van der Waals surface area contributed by atoms with E-state index in [0.29, 0.717) is 12.0 Å². The summed E-state index contributed by atoms with van der Waals surface area (Å²) in [5, 5.41) is 23.9. The number of aromatic nitrogens is 1. The smallest absolute Gasteiger partial charge is 0.220 e. The van der Waals surface area contributed by atoms with Gasteiger partial charge in [0, 0.05) is 36.4 Å². The highest BCUT2D eigenvalue weighted by Crippen LogP contribution is 2.12. The molecular weight excluding hydrogens is 316 g/mol. The summed E-state index contributed by atoms with van der Waals surface area (Å²) in [6, 6.07) is 5.51. The molecule has 1 aromatic carbocycles. The minimum Gasteiger partial charge on any atom is -0.508 e. The fourth-order valence-electron chi connectivity index (χ4n) is 2.04. The number of aliphatic hydroxyl groups excluding tert-OH is 1. The lowest BCUT2D eigenvalue weighted by molar-refractivity contribution is -0.122. The Morgan fingerprint density at radius 3 is 2.57 bits per heavy atom. The van der Waals surface area contributed by atoms with Crippen LogP contribution in [0.1, 0.15) is 28.2 Å². The zero-order valence-corrected chi connectivity index (χ0v) is 13.3. The molecule has 1 heterocycles. The maximum atomic E-state index is 12.0. The molecule has 1 atom stereocenters. The van der Waals surface area contributed by atoms with Crippen LogP contribution in [0.25, 0.3) is 0 Å². The molecule has 1 aromatic heterocycles. The fourth-order valence-corrected chi connectivity index (χ4v) is 2.74. The van der Waals surface area contributed by atoms with Gasteiger partial charge in [-0.25, -0.2) is 4.98 Å². The molecule has 1 unspecified atom stereocenters. The highest BCUT2D eigenvalue weighted by atomic mass is 32.1. The molecule has 122 valence electrons. The normalized spacial score (nSPS) is 11.9. The number of aromatic hydroxyl groups is 1. The zero-order valence-electron chi connectivity index (χ0n) is 12.4. The molecule has 0 aliphatic carbocycles. The van der Waals surface area contributed by atoms with Gasteiger partial charge < -0.3 is 15.5 Å². The molecule has 0 spiro atoms. The summed E-state index contributed by atoms with van der Waals surface area (Å²) in [6.45, 7) is -0.183. The molecule has 0 aliphatic rings. The Kier molecular flexibility index (Phi) is 6.25. The molecule has 2 aromatic rings. The summed E-state index contributed by atoms with van der Waals surface area (Å²) in [5.74, 6) is -0.361. The number of thiazole rings is 1. The predicted octanol–water partition coefficient (Wildman–Crippen LogP) is 1.53. The molecule has 0 bridgehead atoms. The lowest BCUT2D eigenvalue weighted by Crippen LogP contribution is -2.39. The van der Waals surface area contributed by atoms with Gasteiger partial charge in [0.15, 0.2) is 5.78 Å². The Hall–Kier alpha value is -2.25. The number of amides is 1. The molecule has 0 radical (unpaired) electrons. The summed E-state index contributed by atoms with van der Waals surface area (Å²) in [7, 11) is 0. The van der Waals surface area contributed by atoms with E-state index in [1.807, 2.05) is 5.38 Å². The molecule has 0 aliphatic heterocycles. The van der Waals surface area contributed by atoms with Crippen molar-refractivity contribution in [3.05, 3.63) is 46.4 Å². The number of aliphatic hydroxyl groups is 1. The first kappa shape index (κ1) is 17.1. The van der Waals surface area contributed by atoms with Gasteiger partial charge in [-0.15, -0.1) is 11.3 Å². The molecule has 0 saturated heterocycles. The topological polar surface area (TPSA) is 99.5 Å². The third-order valence-corrected chi connectivity index (χ3v) is 4.06. The number of nitrogens with zero attached hydrogens (tertiary/aromatic N) is 1. The van der Waals surface area contributed by atoms with Crippen molar-refractivity contribution < 1.29 is 19.8 Å². The van der Waals surface area contributed by atoms with Crippen molar-refractivity contribution in [1.82, 2.24) is 10.3 Å². The maximum Gasteiger partial charge on any atom is 0.220 e. The van der Waals surface area contributed by atoms with E-state index in [1.54, 1.807) is 6.20 Å². The van der Waals surface area contributed by atoms with E-state index in [-0.39, 0.29) is 36.9 Å². The summed E-state index contributed by atoms with van der Waals surface area (Å²) < 4.78 is 0. The molecular formula is C16H18N2O4S. The molecule has 1 amide bonds. The van der Waals surface area contributed by atoms with E-state index in [1.165, 1.54) is 35.6 Å². The number of hydrogen-bond acceptors (Lipinski definition) is 6. The van der Waals surface area contributed by atoms with Gasteiger partial charge in [-0.1, -0.05) is 0 Å². The van der Waals surface area contributed by atoms with Crippen LogP contribution in [0.2, 0.25) is 0 Å². The van der Waals surface area contributed by atoms with Crippen LogP contribution in [-0.2, 0) is 11.2 Å². The Morgan fingerprint density at radius 1 is 1.22 bits per heavy atom. The summed E-state index contributed by atoms with van der Waals surface area (Å²) in [6.07, 6.45) is 2.26. The summed E-state index contributed by atoms with van der Waals surface area (Å²) in [4.78, 5) is 28.0. The van der Waals surface area contributed by atoms with Crippen LogP contribution in [0, 0.1) is 0 Å². The van der Waals surface area contributed by atoms with Gasteiger partial charge in [-0.3, -0.25) is 9.59 Å². The monoisotopic (exact) mass is 334 g/mol.